The molecule has 17 heteroatoms. The van der Waals surface area contributed by atoms with E-state index in [1.165, 1.54) is 13.2 Å². The SMILES string of the molecule is CCn1ncc(F)c1C(=O)N[C@H](c1nc2cc([C@@H](COC)N3C[C@@H](C(F)(F)F)NC3=O)cc(F)c2o1)C1CCC(F)(F)CC1. The molecular weight excluding hydrogens is 605 g/mol. The van der Waals surface area contributed by atoms with Crippen molar-refractivity contribution in [3.05, 3.63) is 47.1 Å². The highest BCUT2D eigenvalue weighted by atomic mass is 19.4. The van der Waals surface area contributed by atoms with Gasteiger partial charge >= 0.3 is 12.2 Å². The van der Waals surface area contributed by atoms with Crippen LogP contribution in [0.15, 0.2) is 22.7 Å². The van der Waals surface area contributed by atoms with Crippen molar-refractivity contribution in [1.82, 2.24) is 30.3 Å². The van der Waals surface area contributed by atoms with E-state index in [2.05, 4.69) is 15.4 Å². The number of amides is 3. The lowest BCUT2D eigenvalue weighted by molar-refractivity contribution is -0.150. The molecule has 3 aromatic rings. The Bertz CT molecular complexity index is 1530. The molecule has 2 aromatic heterocycles. The summed E-state index contributed by atoms with van der Waals surface area (Å²) in [5.41, 5.74) is -0.814. The van der Waals surface area contributed by atoms with Crippen LogP contribution in [0.2, 0.25) is 0 Å². The van der Waals surface area contributed by atoms with Crippen molar-refractivity contribution in [2.24, 2.45) is 5.92 Å². The summed E-state index contributed by atoms with van der Waals surface area (Å²) < 4.78 is 110. The van der Waals surface area contributed by atoms with Gasteiger partial charge in [0.1, 0.15) is 17.6 Å². The third-order valence-electron chi connectivity index (χ3n) is 8.00. The fourth-order valence-corrected chi connectivity index (χ4v) is 5.70. The number of oxazole rings is 1. The number of aromatic nitrogens is 3. The molecule has 5 rings (SSSR count). The predicted molar refractivity (Wildman–Crippen MR) is 139 cm³/mol. The van der Waals surface area contributed by atoms with E-state index >= 15 is 4.39 Å². The van der Waals surface area contributed by atoms with Crippen molar-refractivity contribution in [1.29, 1.82) is 0 Å². The quantitative estimate of drug-likeness (QED) is 0.311. The number of hydrogen-bond acceptors (Lipinski definition) is 6. The Kier molecular flexibility index (Phi) is 8.52. The Morgan fingerprint density at radius 3 is 2.55 bits per heavy atom. The smallest absolute Gasteiger partial charge is 0.410 e. The van der Waals surface area contributed by atoms with E-state index in [0.717, 1.165) is 21.8 Å². The Balaban J connectivity index is 1.50. The average molecular weight is 635 g/mol. The largest absolute Gasteiger partial charge is 0.435 e. The molecular formula is C27H29F7N6O4. The molecule has 0 radical (unpaired) electrons. The van der Waals surface area contributed by atoms with E-state index in [9.17, 15) is 35.9 Å². The number of halogens is 7. The highest BCUT2D eigenvalue weighted by molar-refractivity contribution is 5.93. The maximum Gasteiger partial charge on any atom is 0.410 e. The maximum absolute atomic E-state index is 15.4. The van der Waals surface area contributed by atoms with Crippen LogP contribution in [0.5, 0.6) is 0 Å². The van der Waals surface area contributed by atoms with Crippen molar-refractivity contribution >= 4 is 23.0 Å². The second kappa shape index (κ2) is 11.9. The van der Waals surface area contributed by atoms with Crippen molar-refractivity contribution < 1.29 is 49.5 Å². The molecule has 1 saturated heterocycles. The fraction of sp³-hybridized carbons (Fsp3) is 0.556. The summed E-state index contributed by atoms with van der Waals surface area (Å²) in [6.45, 7) is 0.771. The molecule has 0 spiro atoms. The van der Waals surface area contributed by atoms with Crippen LogP contribution in [0.3, 0.4) is 0 Å². The molecule has 0 unspecified atom stereocenters. The molecule has 3 amide bonds. The van der Waals surface area contributed by atoms with Gasteiger partial charge < -0.3 is 24.7 Å². The van der Waals surface area contributed by atoms with Crippen LogP contribution in [-0.4, -0.2) is 70.0 Å². The molecule has 1 aromatic carbocycles. The molecule has 3 heterocycles. The van der Waals surface area contributed by atoms with Gasteiger partial charge in [-0.15, -0.1) is 0 Å². The molecule has 1 aliphatic heterocycles. The van der Waals surface area contributed by atoms with Crippen LogP contribution in [-0.2, 0) is 11.3 Å². The number of fused-ring (bicyclic) bond motifs is 1. The zero-order valence-corrected chi connectivity index (χ0v) is 23.6. The van der Waals surface area contributed by atoms with Crippen molar-refractivity contribution in [2.75, 3.05) is 20.3 Å². The number of benzene rings is 1. The number of carbonyl (C=O) groups excluding carboxylic acids is 2. The third-order valence-corrected chi connectivity index (χ3v) is 8.00. The minimum atomic E-state index is -4.71. The molecule has 44 heavy (non-hydrogen) atoms. The van der Waals surface area contributed by atoms with Crippen LogP contribution < -0.4 is 10.6 Å². The number of aryl methyl sites for hydroxylation is 1. The van der Waals surface area contributed by atoms with Crippen LogP contribution in [0.1, 0.15) is 66.6 Å². The second-order valence-corrected chi connectivity index (χ2v) is 10.9. The van der Waals surface area contributed by atoms with Gasteiger partial charge in [-0.3, -0.25) is 9.48 Å². The van der Waals surface area contributed by atoms with Crippen molar-refractivity contribution in [3.63, 3.8) is 0 Å². The van der Waals surface area contributed by atoms with E-state index in [-0.39, 0.29) is 48.5 Å². The summed E-state index contributed by atoms with van der Waals surface area (Å²) in [7, 11) is 1.26. The summed E-state index contributed by atoms with van der Waals surface area (Å²) in [5.74, 6) is -6.57. The van der Waals surface area contributed by atoms with Gasteiger partial charge in [0.05, 0.1) is 25.4 Å². The molecule has 2 aliphatic rings. The number of carbonyl (C=O) groups is 2. The highest BCUT2D eigenvalue weighted by Gasteiger charge is 2.49. The number of rotatable bonds is 9. The van der Waals surface area contributed by atoms with Crippen LogP contribution in [0.25, 0.3) is 11.1 Å². The lowest BCUT2D eigenvalue weighted by Crippen LogP contribution is -2.40. The number of methoxy groups -OCH3 is 1. The molecule has 1 saturated carbocycles. The van der Waals surface area contributed by atoms with Gasteiger partial charge in [-0.1, -0.05) is 0 Å². The molecule has 2 N–H and O–H groups in total. The zero-order chi connectivity index (χ0) is 32.0. The van der Waals surface area contributed by atoms with Gasteiger partial charge in [0.15, 0.2) is 22.9 Å². The monoisotopic (exact) mass is 634 g/mol. The number of alkyl halides is 5. The van der Waals surface area contributed by atoms with Gasteiger partial charge in [-0.2, -0.15) is 18.3 Å². The maximum atomic E-state index is 15.4. The minimum Gasteiger partial charge on any atom is -0.435 e. The normalized spacial score (nSPS) is 20.6. The number of hydrogen-bond donors (Lipinski definition) is 2. The lowest BCUT2D eigenvalue weighted by atomic mass is 9.82. The first kappa shape index (κ1) is 31.5. The number of nitrogens with zero attached hydrogens (tertiary/aromatic N) is 4. The van der Waals surface area contributed by atoms with E-state index < -0.39 is 84.8 Å². The van der Waals surface area contributed by atoms with E-state index in [1.807, 2.05) is 5.32 Å². The third kappa shape index (κ3) is 6.19. The number of nitrogens with one attached hydrogen (secondary N) is 2. The molecule has 240 valence electrons. The van der Waals surface area contributed by atoms with Gasteiger partial charge in [0, 0.05) is 26.5 Å². The summed E-state index contributed by atoms with van der Waals surface area (Å²) in [6, 6.07) is -3.18. The molecule has 2 fully saturated rings. The Morgan fingerprint density at radius 2 is 1.93 bits per heavy atom. The topological polar surface area (TPSA) is 115 Å². The second-order valence-electron chi connectivity index (χ2n) is 10.9. The predicted octanol–water partition coefficient (Wildman–Crippen LogP) is 5.26. The van der Waals surface area contributed by atoms with Crippen LogP contribution >= 0.6 is 0 Å². The highest BCUT2D eigenvalue weighted by Crippen LogP contribution is 2.42. The fourth-order valence-electron chi connectivity index (χ4n) is 5.70. The lowest BCUT2D eigenvalue weighted by Gasteiger charge is -2.32. The minimum absolute atomic E-state index is 0.0553. The van der Waals surface area contributed by atoms with Crippen molar-refractivity contribution in [2.45, 2.75) is 69.4 Å². The number of urea groups is 1. The first-order valence-corrected chi connectivity index (χ1v) is 13.8. The first-order valence-electron chi connectivity index (χ1n) is 13.8. The standard InChI is InChI=1S/C27H29F7N6O4/c1-3-40-21(16(29)10-35-40)23(41)38-20(13-4-6-26(30,31)7-5-13)24-36-17-9-14(8-15(28)22(17)44-24)18(12-43-2)39-11-19(27(32,33)34)37-25(39)42/h8-10,13,18-20H,3-7,11-12H2,1-2H3,(H,37,42)(H,38,41)/t18-,19+,20+/m1/s1. The molecule has 1 aliphatic carbocycles. The Morgan fingerprint density at radius 1 is 1.23 bits per heavy atom. The zero-order valence-electron chi connectivity index (χ0n) is 23.6. The first-order chi connectivity index (χ1) is 20.7. The summed E-state index contributed by atoms with van der Waals surface area (Å²) in [4.78, 5) is 30.8. The number of ether oxygens (including phenoxy) is 1. The van der Waals surface area contributed by atoms with E-state index in [4.69, 9.17) is 9.15 Å². The summed E-state index contributed by atoms with van der Waals surface area (Å²) in [5, 5.41) is 8.26. The van der Waals surface area contributed by atoms with Gasteiger partial charge in [0.2, 0.25) is 11.8 Å². The summed E-state index contributed by atoms with van der Waals surface area (Å²) in [6.07, 6.45) is -4.93. The summed E-state index contributed by atoms with van der Waals surface area (Å²) >= 11 is 0. The molecule has 10 nitrogen and oxygen atoms in total. The van der Waals surface area contributed by atoms with Gasteiger partial charge in [-0.25, -0.2) is 27.3 Å². The molecule has 0 bridgehead atoms. The van der Waals surface area contributed by atoms with Crippen LogP contribution in [0.4, 0.5) is 35.5 Å². The average Bonchev–Trinajstić information content (AvgIpc) is 3.67. The van der Waals surface area contributed by atoms with Crippen molar-refractivity contribution in [3.8, 4) is 0 Å². The van der Waals surface area contributed by atoms with E-state index in [1.54, 1.807) is 6.92 Å². The van der Waals surface area contributed by atoms with E-state index in [0.29, 0.717) is 0 Å². The van der Waals surface area contributed by atoms with Gasteiger partial charge in [0.25, 0.3) is 5.91 Å². The molecule has 3 atom stereocenters. The Hall–Kier alpha value is -3.89. The Labute approximate surface area is 245 Å². The van der Waals surface area contributed by atoms with Gasteiger partial charge in [-0.05, 0) is 43.4 Å². The van der Waals surface area contributed by atoms with Crippen LogP contribution in [0, 0.1) is 17.6 Å².